The molecular formula is C24H22F3N3O3. The first-order chi connectivity index (χ1) is 15.6. The number of aliphatic carboxylic acids is 1. The molecule has 1 spiro atoms. The highest BCUT2D eigenvalue weighted by Crippen LogP contribution is 2.58. The molecule has 6 nitrogen and oxygen atoms in total. The number of hydrogen-bond donors (Lipinski definition) is 3. The molecule has 2 aromatic carbocycles. The van der Waals surface area contributed by atoms with E-state index in [0.717, 1.165) is 30.5 Å². The molecule has 3 N–H and O–H groups in total. The average molecular weight is 457 g/mol. The minimum absolute atomic E-state index is 0.0129. The second kappa shape index (κ2) is 7.60. The number of fused-ring (bicyclic) bond motifs is 1. The molecule has 5 rings (SSSR count). The Kier molecular flexibility index (Phi) is 4.95. The van der Waals surface area contributed by atoms with E-state index >= 15 is 0 Å². The van der Waals surface area contributed by atoms with E-state index in [-0.39, 0.29) is 29.0 Å². The number of H-pyrrole nitrogens is 1. The summed E-state index contributed by atoms with van der Waals surface area (Å²) in [6.07, 6.45) is -1.16. The zero-order chi connectivity index (χ0) is 23.4. The third kappa shape index (κ3) is 3.96. The largest absolute Gasteiger partial charge is 0.481 e. The van der Waals surface area contributed by atoms with Gasteiger partial charge in [-0.1, -0.05) is 24.3 Å². The van der Waals surface area contributed by atoms with Crippen molar-refractivity contribution in [1.29, 1.82) is 0 Å². The molecule has 3 aromatic rings. The van der Waals surface area contributed by atoms with E-state index in [4.69, 9.17) is 5.11 Å². The van der Waals surface area contributed by atoms with Gasteiger partial charge in [0, 0.05) is 11.4 Å². The molecule has 2 saturated carbocycles. The number of carbonyl (C=O) groups excluding carboxylic acids is 1. The van der Waals surface area contributed by atoms with Gasteiger partial charge in [-0.3, -0.25) is 14.7 Å². The van der Waals surface area contributed by atoms with Gasteiger partial charge in [0.15, 0.2) is 5.69 Å². The molecule has 1 amide bonds. The van der Waals surface area contributed by atoms with E-state index in [1.807, 2.05) is 12.1 Å². The molecule has 2 fully saturated rings. The lowest BCUT2D eigenvalue weighted by Gasteiger charge is -2.56. The molecule has 9 heteroatoms. The first-order valence-electron chi connectivity index (χ1n) is 10.8. The molecule has 0 unspecified atom stereocenters. The van der Waals surface area contributed by atoms with Crippen molar-refractivity contribution in [3.63, 3.8) is 0 Å². The second-order valence-corrected chi connectivity index (χ2v) is 9.31. The van der Waals surface area contributed by atoms with Crippen LogP contribution in [0.15, 0.2) is 42.5 Å². The van der Waals surface area contributed by atoms with E-state index in [0.29, 0.717) is 35.7 Å². The fourth-order valence-corrected chi connectivity index (χ4v) is 5.32. The number of carboxylic acids is 1. The lowest BCUT2D eigenvalue weighted by atomic mass is 9.50. The van der Waals surface area contributed by atoms with E-state index in [1.54, 1.807) is 6.07 Å². The number of carboxylic acid groups (broad SMARTS) is 1. The summed E-state index contributed by atoms with van der Waals surface area (Å²) in [5, 5.41) is 19.8. The summed E-state index contributed by atoms with van der Waals surface area (Å²) in [6.45, 7) is 0. The Morgan fingerprint density at radius 3 is 2.42 bits per heavy atom. The molecule has 0 saturated heterocycles. The van der Waals surface area contributed by atoms with Crippen LogP contribution in [-0.4, -0.2) is 33.2 Å². The molecule has 0 bridgehead atoms. The number of rotatable bonds is 5. The summed E-state index contributed by atoms with van der Waals surface area (Å²) in [7, 11) is 0. The summed E-state index contributed by atoms with van der Waals surface area (Å²) in [5.74, 6) is -1.34. The number of aromatic amines is 1. The standard InChI is InChI=1S/C24H22F3N3O3/c25-24(26,27)16-6-4-13(5-7-16)8-14-2-1-3-18-19(14)20(30-29-18)21(31)28-17-11-23(12-17)9-15(10-23)22(32)33/h1-7,15,17H,8-12H2,(H,28,31)(H,29,30)(H,32,33). The number of halogens is 3. The zero-order valence-electron chi connectivity index (χ0n) is 17.6. The van der Waals surface area contributed by atoms with Crippen LogP contribution in [0.3, 0.4) is 0 Å². The number of aromatic nitrogens is 2. The highest BCUT2D eigenvalue weighted by Gasteiger charge is 2.55. The average Bonchev–Trinajstić information content (AvgIpc) is 3.13. The van der Waals surface area contributed by atoms with E-state index in [2.05, 4.69) is 15.5 Å². The van der Waals surface area contributed by atoms with Gasteiger partial charge in [-0.05, 0) is 66.8 Å². The molecule has 2 aliphatic carbocycles. The lowest BCUT2D eigenvalue weighted by molar-refractivity contribution is -0.155. The Morgan fingerprint density at radius 2 is 1.79 bits per heavy atom. The molecule has 1 aromatic heterocycles. The lowest BCUT2D eigenvalue weighted by Crippen LogP contribution is -2.57. The quantitative estimate of drug-likeness (QED) is 0.524. The van der Waals surface area contributed by atoms with Crippen molar-refractivity contribution in [1.82, 2.24) is 15.5 Å². The van der Waals surface area contributed by atoms with Gasteiger partial charge in [-0.15, -0.1) is 0 Å². The predicted molar refractivity (Wildman–Crippen MR) is 114 cm³/mol. The molecule has 0 radical (unpaired) electrons. The van der Waals surface area contributed by atoms with Crippen LogP contribution in [0.5, 0.6) is 0 Å². The SMILES string of the molecule is O=C(NC1CC2(C1)CC(C(=O)O)C2)c1n[nH]c2cccc(Cc3ccc(C(F)(F)F)cc3)c12. The van der Waals surface area contributed by atoms with Gasteiger partial charge in [-0.25, -0.2) is 0 Å². The molecule has 0 aliphatic heterocycles. The normalized spacial score (nSPS) is 24.3. The van der Waals surface area contributed by atoms with Gasteiger partial charge in [-0.2, -0.15) is 18.3 Å². The van der Waals surface area contributed by atoms with Crippen molar-refractivity contribution in [2.45, 2.75) is 44.3 Å². The Morgan fingerprint density at radius 1 is 1.09 bits per heavy atom. The predicted octanol–water partition coefficient (Wildman–Crippen LogP) is 4.55. The third-order valence-corrected chi connectivity index (χ3v) is 6.97. The number of nitrogens with one attached hydrogen (secondary N) is 2. The highest BCUT2D eigenvalue weighted by atomic mass is 19.4. The number of alkyl halides is 3. The fourth-order valence-electron chi connectivity index (χ4n) is 5.32. The van der Waals surface area contributed by atoms with Crippen LogP contribution in [0.1, 0.15) is 52.9 Å². The van der Waals surface area contributed by atoms with Crippen LogP contribution >= 0.6 is 0 Å². The Balaban J connectivity index is 1.30. The maximum Gasteiger partial charge on any atom is 0.416 e. The van der Waals surface area contributed by atoms with Crippen LogP contribution in [-0.2, 0) is 17.4 Å². The molecular weight excluding hydrogens is 435 g/mol. The minimum Gasteiger partial charge on any atom is -0.481 e. The first kappa shape index (κ1) is 21.5. The zero-order valence-corrected chi connectivity index (χ0v) is 17.6. The fraction of sp³-hybridized carbons (Fsp3) is 0.375. The Bertz CT molecular complexity index is 1220. The number of carbonyl (C=O) groups is 2. The van der Waals surface area contributed by atoms with E-state index in [1.165, 1.54) is 12.1 Å². The van der Waals surface area contributed by atoms with Crippen molar-refractivity contribution in [3.05, 3.63) is 64.8 Å². The molecule has 2 aliphatic rings. The smallest absolute Gasteiger partial charge is 0.416 e. The first-order valence-corrected chi connectivity index (χ1v) is 10.8. The van der Waals surface area contributed by atoms with Gasteiger partial charge < -0.3 is 10.4 Å². The topological polar surface area (TPSA) is 95.1 Å². The van der Waals surface area contributed by atoms with Crippen LogP contribution in [0.25, 0.3) is 10.9 Å². The van der Waals surface area contributed by atoms with Crippen LogP contribution in [0.4, 0.5) is 13.2 Å². The summed E-state index contributed by atoms with van der Waals surface area (Å²) in [5.41, 5.74) is 1.76. The summed E-state index contributed by atoms with van der Waals surface area (Å²) >= 11 is 0. The van der Waals surface area contributed by atoms with Crippen LogP contribution in [0, 0.1) is 11.3 Å². The molecule has 1 heterocycles. The number of hydrogen-bond acceptors (Lipinski definition) is 3. The molecule has 33 heavy (non-hydrogen) atoms. The maximum atomic E-state index is 13.0. The van der Waals surface area contributed by atoms with Gasteiger partial charge in [0.1, 0.15) is 0 Å². The Hall–Kier alpha value is -3.36. The van der Waals surface area contributed by atoms with Crippen molar-refractivity contribution >= 4 is 22.8 Å². The van der Waals surface area contributed by atoms with Gasteiger partial charge in [0.25, 0.3) is 5.91 Å². The maximum absolute atomic E-state index is 13.0. The van der Waals surface area contributed by atoms with Gasteiger partial charge >= 0.3 is 12.1 Å². The molecule has 172 valence electrons. The van der Waals surface area contributed by atoms with Gasteiger partial charge in [0.2, 0.25) is 0 Å². The van der Waals surface area contributed by atoms with Crippen LogP contribution < -0.4 is 5.32 Å². The van der Waals surface area contributed by atoms with E-state index < -0.39 is 17.7 Å². The molecule has 0 atom stereocenters. The van der Waals surface area contributed by atoms with Crippen molar-refractivity contribution in [2.75, 3.05) is 0 Å². The van der Waals surface area contributed by atoms with Crippen molar-refractivity contribution < 1.29 is 27.9 Å². The van der Waals surface area contributed by atoms with Gasteiger partial charge in [0.05, 0.1) is 17.0 Å². The number of amides is 1. The third-order valence-electron chi connectivity index (χ3n) is 6.97. The van der Waals surface area contributed by atoms with Crippen molar-refractivity contribution in [2.24, 2.45) is 11.3 Å². The highest BCUT2D eigenvalue weighted by molar-refractivity contribution is 6.06. The number of nitrogens with zero attached hydrogens (tertiary/aromatic N) is 1. The monoisotopic (exact) mass is 457 g/mol. The second-order valence-electron chi connectivity index (χ2n) is 9.31. The summed E-state index contributed by atoms with van der Waals surface area (Å²) in [4.78, 5) is 24.0. The number of benzene rings is 2. The Labute approximate surface area is 187 Å². The van der Waals surface area contributed by atoms with E-state index in [9.17, 15) is 22.8 Å². The van der Waals surface area contributed by atoms with Crippen molar-refractivity contribution in [3.8, 4) is 0 Å². The minimum atomic E-state index is -4.39. The summed E-state index contributed by atoms with van der Waals surface area (Å²) in [6, 6.07) is 10.4. The van der Waals surface area contributed by atoms with Crippen LogP contribution in [0.2, 0.25) is 0 Å². The summed E-state index contributed by atoms with van der Waals surface area (Å²) < 4.78 is 38.5.